The predicted molar refractivity (Wildman–Crippen MR) is 225 cm³/mol. The van der Waals surface area contributed by atoms with Crippen molar-refractivity contribution in [1.82, 2.24) is 10.6 Å². The smallest absolute Gasteiger partial charge is 0.394 e. The van der Waals surface area contributed by atoms with Gasteiger partial charge in [0.05, 0.1) is 90.1 Å². The first kappa shape index (κ1) is 57.6. The van der Waals surface area contributed by atoms with Crippen LogP contribution in [0.5, 0.6) is 0 Å². The van der Waals surface area contributed by atoms with Gasteiger partial charge in [-0.2, -0.15) is 16.8 Å². The lowest BCUT2D eigenvalue weighted by Crippen LogP contribution is -2.62. The van der Waals surface area contributed by atoms with E-state index < -0.39 is 117 Å². The van der Waals surface area contributed by atoms with Gasteiger partial charge in [0.2, 0.25) is 0 Å². The number of quaternary nitrogens is 1. The highest BCUT2D eigenvalue weighted by atomic mass is 32.2. The van der Waals surface area contributed by atoms with Crippen LogP contribution in [0.2, 0.25) is 6.04 Å². The van der Waals surface area contributed by atoms with E-state index in [0.717, 1.165) is 19.4 Å². The van der Waals surface area contributed by atoms with E-state index in [1.165, 1.54) is 89.9 Å². The topological polar surface area (TPSA) is 293 Å². The first-order chi connectivity index (χ1) is 27.1. The molecule has 350 valence electrons. The lowest BCUT2D eigenvalue weighted by molar-refractivity contribution is -0.890. The van der Waals surface area contributed by atoms with E-state index in [2.05, 4.69) is 31.7 Å². The minimum atomic E-state index is -4.53. The number of β-amino-alcohol motifs (C(OH)–C–C–N with tert-alkyl or cyclic N) is 2. The zero-order valence-electron chi connectivity index (χ0n) is 35.6. The van der Waals surface area contributed by atoms with E-state index in [0.29, 0.717) is 17.4 Å². The summed E-state index contributed by atoms with van der Waals surface area (Å²) in [5.74, 6) is -2.03. The number of nitrogens with zero attached hydrogens (tertiary/aromatic N) is 1. The van der Waals surface area contributed by atoms with E-state index in [-0.39, 0.29) is 6.04 Å². The third-order valence-corrected chi connectivity index (χ3v) is 14.3. The molecular weight excluding hydrogens is 819 g/mol. The zero-order valence-corrected chi connectivity index (χ0v) is 38.2. The van der Waals surface area contributed by atoms with Crippen LogP contribution in [-0.2, 0) is 29.1 Å². The summed E-state index contributed by atoms with van der Waals surface area (Å²) >= 11 is 0. The largest absolute Gasteiger partial charge is 0.498 e. The Morgan fingerprint density at radius 1 is 0.569 bits per heavy atom. The van der Waals surface area contributed by atoms with Crippen molar-refractivity contribution in [2.24, 2.45) is 0 Å². The standard InChI is InChI=1S/C37H81N3O15S2Si/c1-4-5-6-7-8-9-10-11-12-13-14-15-16-17-18-19-21-40(2,3)22-20-23-58(53,54-32-36(28-41,29-42)38-24-34(45)26-56(47,48)49)55-33-37(30-43,31-44)39-25-35(46)27-57(50,51)52/h34-35,38-39,41-46,53H,4-33H2,1-3H3,(H-,47,48,49,50,51,52)/p+1. The van der Waals surface area contributed by atoms with Crippen LogP contribution < -0.4 is 10.6 Å². The van der Waals surface area contributed by atoms with Crippen LogP contribution in [0, 0.1) is 0 Å². The minimum absolute atomic E-state index is 0.0374. The van der Waals surface area contributed by atoms with Crippen LogP contribution in [0.15, 0.2) is 0 Å². The maximum absolute atomic E-state index is 11.8. The van der Waals surface area contributed by atoms with Gasteiger partial charge in [-0.3, -0.25) is 9.11 Å². The molecular formula is C37H82N3O15S2Si+. The van der Waals surface area contributed by atoms with Crippen molar-refractivity contribution in [3.8, 4) is 0 Å². The van der Waals surface area contributed by atoms with E-state index >= 15 is 0 Å². The number of nitrogens with one attached hydrogen (secondary N) is 2. The van der Waals surface area contributed by atoms with E-state index in [1.54, 1.807) is 0 Å². The lowest BCUT2D eigenvalue weighted by Gasteiger charge is -2.38. The number of aliphatic hydroxyl groups excluding tert-OH is 6. The number of unbranched alkanes of at least 4 members (excludes halogenated alkanes) is 15. The van der Waals surface area contributed by atoms with Gasteiger partial charge < -0.3 is 59.4 Å². The minimum Gasteiger partial charge on any atom is -0.394 e. The van der Waals surface area contributed by atoms with Gasteiger partial charge in [0, 0.05) is 25.6 Å². The molecule has 0 aliphatic rings. The van der Waals surface area contributed by atoms with Crippen LogP contribution in [0.3, 0.4) is 0 Å². The van der Waals surface area contributed by atoms with Crippen molar-refractivity contribution in [3.63, 3.8) is 0 Å². The Bertz CT molecular complexity index is 1180. The molecule has 21 heteroatoms. The molecule has 0 heterocycles. The summed E-state index contributed by atoms with van der Waals surface area (Å²) in [5.41, 5.74) is -3.42. The second-order valence-electron chi connectivity index (χ2n) is 16.8. The van der Waals surface area contributed by atoms with Crippen molar-refractivity contribution in [2.75, 3.05) is 91.4 Å². The van der Waals surface area contributed by atoms with Crippen LogP contribution >= 0.6 is 0 Å². The van der Waals surface area contributed by atoms with Gasteiger partial charge in [-0.25, -0.2) is 0 Å². The summed E-state index contributed by atoms with van der Waals surface area (Å²) in [6, 6.07) is -0.0374. The highest BCUT2D eigenvalue weighted by Crippen LogP contribution is 2.21. The summed E-state index contributed by atoms with van der Waals surface area (Å²) in [4.78, 5) is 11.8. The summed E-state index contributed by atoms with van der Waals surface area (Å²) in [6.07, 6.45) is 17.6. The molecule has 0 amide bonds. The fraction of sp³-hybridized carbons (Fsp3) is 1.00. The molecule has 0 saturated heterocycles. The predicted octanol–water partition coefficient (Wildman–Crippen LogP) is 0.802. The molecule has 0 aromatic rings. The van der Waals surface area contributed by atoms with Crippen molar-refractivity contribution in [1.29, 1.82) is 0 Å². The van der Waals surface area contributed by atoms with E-state index in [4.69, 9.17) is 18.0 Å². The molecule has 2 atom stereocenters. The molecule has 0 aromatic carbocycles. The molecule has 0 spiro atoms. The first-order valence-corrected chi connectivity index (χ1v) is 26.3. The Kier molecular flexibility index (Phi) is 30.3. The molecule has 0 saturated carbocycles. The lowest BCUT2D eigenvalue weighted by atomic mass is 10.0. The fourth-order valence-corrected chi connectivity index (χ4v) is 9.69. The quantitative estimate of drug-likeness (QED) is 0.0175. The molecule has 0 rings (SSSR count). The van der Waals surface area contributed by atoms with Gasteiger partial charge in [-0.15, -0.1) is 0 Å². The Morgan fingerprint density at radius 2 is 0.879 bits per heavy atom. The maximum Gasteiger partial charge on any atom is 0.498 e. The molecule has 0 bridgehead atoms. The average Bonchev–Trinajstić information content (AvgIpc) is 3.14. The maximum atomic E-state index is 11.8. The molecule has 0 fully saturated rings. The van der Waals surface area contributed by atoms with Crippen molar-refractivity contribution >= 4 is 29.0 Å². The molecule has 0 radical (unpaired) electrons. The molecule has 0 aromatic heterocycles. The SMILES string of the molecule is CCCCCCCCCCCCCCCCCC[N+](C)(C)CCC[Si](O)(OCC(CO)(CO)NCC(O)CS(=O)(=O)O)OCC(CO)(CO)NCC(O)CS(=O)(=O)O. The number of rotatable bonds is 41. The van der Waals surface area contributed by atoms with Crippen LogP contribution in [0.25, 0.3) is 0 Å². The van der Waals surface area contributed by atoms with Gasteiger partial charge in [0.1, 0.15) is 11.5 Å². The second kappa shape index (κ2) is 30.6. The van der Waals surface area contributed by atoms with Crippen LogP contribution in [-0.4, -0.2) is 189 Å². The van der Waals surface area contributed by atoms with Crippen LogP contribution in [0.1, 0.15) is 116 Å². The number of hydrogen-bond acceptors (Lipinski definition) is 15. The Balaban J connectivity index is 5.27. The summed E-state index contributed by atoms with van der Waals surface area (Å²) < 4.78 is 75.2. The van der Waals surface area contributed by atoms with Gasteiger partial charge >= 0.3 is 8.80 Å². The zero-order chi connectivity index (χ0) is 44.2. The molecule has 18 nitrogen and oxygen atoms in total. The normalized spacial score (nSPS) is 15.4. The van der Waals surface area contributed by atoms with Crippen LogP contribution in [0.4, 0.5) is 0 Å². The number of aliphatic hydroxyl groups is 6. The van der Waals surface area contributed by atoms with Crippen molar-refractivity contribution in [3.05, 3.63) is 0 Å². The first-order valence-electron chi connectivity index (χ1n) is 21.1. The van der Waals surface area contributed by atoms with Gasteiger partial charge in [-0.05, 0) is 12.8 Å². The van der Waals surface area contributed by atoms with Gasteiger partial charge in [0.25, 0.3) is 20.2 Å². The third kappa shape index (κ3) is 29.7. The highest BCUT2D eigenvalue weighted by Gasteiger charge is 2.44. The van der Waals surface area contributed by atoms with Gasteiger partial charge in [-0.1, -0.05) is 96.8 Å². The third-order valence-electron chi connectivity index (χ3n) is 10.5. The fourth-order valence-electron chi connectivity index (χ4n) is 6.50. The second-order valence-corrected chi connectivity index (χ2v) is 22.3. The molecule has 58 heavy (non-hydrogen) atoms. The highest BCUT2D eigenvalue weighted by molar-refractivity contribution is 7.86. The van der Waals surface area contributed by atoms with E-state index in [1.807, 2.05) is 0 Å². The monoisotopic (exact) mass is 900 g/mol. The number of hydrogen-bond donors (Lipinski definition) is 11. The Labute approximate surface area is 350 Å². The molecule has 2 unspecified atom stereocenters. The summed E-state index contributed by atoms with van der Waals surface area (Å²) in [7, 11) is -9.25. The average molecular weight is 901 g/mol. The molecule has 11 N–H and O–H groups in total. The Hall–Kier alpha value is -0.443. The van der Waals surface area contributed by atoms with E-state index in [9.17, 15) is 52.3 Å². The molecule has 0 aliphatic carbocycles. The molecule has 0 aliphatic heterocycles. The van der Waals surface area contributed by atoms with Crippen molar-refractivity contribution in [2.45, 2.75) is 145 Å². The summed E-state index contributed by atoms with van der Waals surface area (Å²) in [5, 5.41) is 65.9. The Morgan fingerprint density at radius 3 is 1.19 bits per heavy atom. The van der Waals surface area contributed by atoms with Gasteiger partial charge in [0.15, 0.2) is 0 Å². The summed E-state index contributed by atoms with van der Waals surface area (Å²) in [6.45, 7) is -1.60. The van der Waals surface area contributed by atoms with Crippen molar-refractivity contribution < 1.29 is 74.7 Å².